The van der Waals surface area contributed by atoms with Crippen LogP contribution in [0, 0.1) is 5.82 Å². The highest BCUT2D eigenvalue weighted by atomic mass is 35.5. The first-order valence-corrected chi connectivity index (χ1v) is 9.30. The Morgan fingerprint density at radius 2 is 1.79 bits per heavy atom. The molecule has 1 amide bonds. The number of aromatic amines is 1. The standard InChI is InChI=1S/C21H16F4N6O.ClH/c1-26-20(32)14-7-12(22)2-4-17(14)30-18-8-19(27-10-15(18)21(23,24)25)29-13-3-5-16-11(6-13)9-28-31-16;/h2-10H,1H3,(H,26,32)(H,28,31)(H2,27,29,30);1H. The van der Waals surface area contributed by atoms with E-state index in [9.17, 15) is 22.4 Å². The topological polar surface area (TPSA) is 94.7 Å². The Bertz CT molecular complexity index is 1310. The number of hydrogen-bond donors (Lipinski definition) is 4. The Morgan fingerprint density at radius 3 is 2.52 bits per heavy atom. The van der Waals surface area contributed by atoms with Crippen LogP contribution in [0.25, 0.3) is 10.9 Å². The summed E-state index contributed by atoms with van der Waals surface area (Å²) in [5, 5.41) is 15.4. The van der Waals surface area contributed by atoms with Crippen molar-refractivity contribution in [3.05, 3.63) is 71.8 Å². The molecule has 7 nitrogen and oxygen atoms in total. The molecule has 12 heteroatoms. The third-order valence-electron chi connectivity index (χ3n) is 4.64. The first-order valence-electron chi connectivity index (χ1n) is 9.30. The highest BCUT2D eigenvalue weighted by Crippen LogP contribution is 2.37. The van der Waals surface area contributed by atoms with Crippen LogP contribution in [-0.4, -0.2) is 28.1 Å². The highest BCUT2D eigenvalue weighted by Gasteiger charge is 2.34. The average molecular weight is 481 g/mol. The Labute approximate surface area is 191 Å². The lowest BCUT2D eigenvalue weighted by atomic mass is 10.1. The number of anilines is 4. The van der Waals surface area contributed by atoms with Crippen LogP contribution in [0.2, 0.25) is 0 Å². The molecule has 0 saturated carbocycles. The van der Waals surface area contributed by atoms with Crippen LogP contribution in [-0.2, 0) is 6.18 Å². The fourth-order valence-electron chi connectivity index (χ4n) is 3.11. The van der Waals surface area contributed by atoms with Crippen molar-refractivity contribution in [2.45, 2.75) is 6.18 Å². The number of benzene rings is 2. The summed E-state index contributed by atoms with van der Waals surface area (Å²) >= 11 is 0. The Hall–Kier alpha value is -3.86. The van der Waals surface area contributed by atoms with Gasteiger partial charge in [-0.05, 0) is 36.4 Å². The number of rotatable bonds is 5. The molecule has 0 aliphatic rings. The summed E-state index contributed by atoms with van der Waals surface area (Å²) in [4.78, 5) is 15.9. The second-order valence-electron chi connectivity index (χ2n) is 6.80. The maximum atomic E-state index is 13.6. The summed E-state index contributed by atoms with van der Waals surface area (Å²) < 4.78 is 54.4. The molecule has 2 aromatic carbocycles. The Balaban J connectivity index is 0.00000306. The molecule has 0 unspecified atom stereocenters. The molecule has 0 atom stereocenters. The highest BCUT2D eigenvalue weighted by molar-refractivity contribution is 6.00. The number of aromatic nitrogens is 3. The van der Waals surface area contributed by atoms with Crippen LogP contribution in [0.5, 0.6) is 0 Å². The van der Waals surface area contributed by atoms with E-state index in [0.29, 0.717) is 11.9 Å². The van der Waals surface area contributed by atoms with Gasteiger partial charge in [0.05, 0.1) is 34.2 Å². The summed E-state index contributed by atoms with van der Waals surface area (Å²) in [7, 11) is 1.34. The summed E-state index contributed by atoms with van der Waals surface area (Å²) in [6.45, 7) is 0. The minimum absolute atomic E-state index is 0. The van der Waals surface area contributed by atoms with Gasteiger partial charge in [-0.1, -0.05) is 0 Å². The number of nitrogens with one attached hydrogen (secondary N) is 4. The second kappa shape index (κ2) is 9.33. The van der Waals surface area contributed by atoms with E-state index in [4.69, 9.17) is 0 Å². The summed E-state index contributed by atoms with van der Waals surface area (Å²) in [6.07, 6.45) is -2.41. The third kappa shape index (κ3) is 5.14. The SMILES string of the molecule is CNC(=O)c1cc(F)ccc1Nc1cc(Nc2ccc3[nH]ncc3c2)ncc1C(F)(F)F.Cl. The monoisotopic (exact) mass is 480 g/mol. The summed E-state index contributed by atoms with van der Waals surface area (Å²) in [5.41, 5.74) is -0.136. The zero-order valence-electron chi connectivity index (χ0n) is 16.9. The Morgan fingerprint density at radius 1 is 1.00 bits per heavy atom. The fraction of sp³-hybridized carbons (Fsp3) is 0.0952. The van der Waals surface area contributed by atoms with E-state index in [1.807, 2.05) is 0 Å². The van der Waals surface area contributed by atoms with Crippen LogP contribution in [0.1, 0.15) is 15.9 Å². The molecule has 0 radical (unpaired) electrons. The van der Waals surface area contributed by atoms with Crippen LogP contribution in [0.15, 0.2) is 54.9 Å². The zero-order chi connectivity index (χ0) is 22.9. The number of pyridine rings is 1. The van der Waals surface area contributed by atoms with Gasteiger partial charge in [0.1, 0.15) is 11.6 Å². The minimum atomic E-state index is -4.71. The van der Waals surface area contributed by atoms with Gasteiger partial charge >= 0.3 is 6.18 Å². The predicted octanol–water partition coefficient (Wildman–Crippen LogP) is 5.38. The fourth-order valence-corrected chi connectivity index (χ4v) is 3.11. The van der Waals surface area contributed by atoms with Crippen molar-refractivity contribution in [1.82, 2.24) is 20.5 Å². The molecule has 4 N–H and O–H groups in total. The number of halogens is 5. The van der Waals surface area contributed by atoms with Crippen molar-refractivity contribution in [3.8, 4) is 0 Å². The quantitative estimate of drug-likeness (QED) is 0.287. The number of nitrogens with zero attached hydrogens (tertiary/aromatic N) is 2. The molecule has 33 heavy (non-hydrogen) atoms. The molecule has 2 aromatic heterocycles. The van der Waals surface area contributed by atoms with E-state index >= 15 is 0 Å². The number of fused-ring (bicyclic) bond motifs is 1. The third-order valence-corrected chi connectivity index (χ3v) is 4.64. The Kier molecular flexibility index (Phi) is 6.73. The minimum Gasteiger partial charge on any atom is -0.355 e. The van der Waals surface area contributed by atoms with Crippen molar-refractivity contribution in [2.24, 2.45) is 0 Å². The molecule has 0 bridgehead atoms. The van der Waals surface area contributed by atoms with Gasteiger partial charge in [-0.3, -0.25) is 9.89 Å². The van der Waals surface area contributed by atoms with Crippen molar-refractivity contribution < 1.29 is 22.4 Å². The van der Waals surface area contributed by atoms with Gasteiger partial charge in [0.15, 0.2) is 0 Å². The van der Waals surface area contributed by atoms with Gasteiger partial charge in [0, 0.05) is 30.4 Å². The smallest absolute Gasteiger partial charge is 0.355 e. The largest absolute Gasteiger partial charge is 0.419 e. The summed E-state index contributed by atoms with van der Waals surface area (Å²) in [5.74, 6) is -1.22. The van der Waals surface area contributed by atoms with Gasteiger partial charge < -0.3 is 16.0 Å². The van der Waals surface area contributed by atoms with Gasteiger partial charge in [-0.2, -0.15) is 18.3 Å². The lowest BCUT2D eigenvalue weighted by Crippen LogP contribution is -2.20. The number of carbonyl (C=O) groups is 1. The van der Waals surface area contributed by atoms with E-state index in [1.165, 1.54) is 19.2 Å². The van der Waals surface area contributed by atoms with Crippen LogP contribution in [0.3, 0.4) is 0 Å². The molecule has 0 fully saturated rings. The maximum absolute atomic E-state index is 13.6. The molecule has 0 aliphatic heterocycles. The average Bonchev–Trinajstić information content (AvgIpc) is 3.21. The first kappa shape index (κ1) is 23.8. The van der Waals surface area contributed by atoms with E-state index in [0.717, 1.165) is 23.0 Å². The second-order valence-corrected chi connectivity index (χ2v) is 6.80. The van der Waals surface area contributed by atoms with E-state index in [-0.39, 0.29) is 35.2 Å². The molecular weight excluding hydrogens is 464 g/mol. The van der Waals surface area contributed by atoms with Crippen LogP contribution in [0.4, 0.5) is 40.4 Å². The lowest BCUT2D eigenvalue weighted by Gasteiger charge is -2.17. The molecule has 0 saturated heterocycles. The van der Waals surface area contributed by atoms with Gasteiger partial charge in [0.2, 0.25) is 0 Å². The number of hydrogen-bond acceptors (Lipinski definition) is 5. The number of H-pyrrole nitrogens is 1. The number of amides is 1. The van der Waals surface area contributed by atoms with Crippen LogP contribution >= 0.6 is 12.4 Å². The van der Waals surface area contributed by atoms with Crippen molar-refractivity contribution in [1.29, 1.82) is 0 Å². The van der Waals surface area contributed by atoms with E-state index in [2.05, 4.69) is 31.1 Å². The van der Waals surface area contributed by atoms with E-state index in [1.54, 1.807) is 24.4 Å². The van der Waals surface area contributed by atoms with Gasteiger partial charge in [-0.25, -0.2) is 9.37 Å². The molecule has 0 aliphatic carbocycles. The first-order chi connectivity index (χ1) is 15.2. The number of carbonyl (C=O) groups excluding carboxylic acids is 1. The van der Waals surface area contributed by atoms with E-state index < -0.39 is 23.5 Å². The summed E-state index contributed by atoms with van der Waals surface area (Å²) in [6, 6.07) is 9.59. The van der Waals surface area contributed by atoms with Crippen LogP contribution < -0.4 is 16.0 Å². The molecule has 4 aromatic rings. The maximum Gasteiger partial charge on any atom is 0.419 e. The van der Waals surface area contributed by atoms with Crippen molar-refractivity contribution in [2.75, 3.05) is 17.7 Å². The molecule has 0 spiro atoms. The normalized spacial score (nSPS) is 11.1. The number of alkyl halides is 3. The molecular formula is C21H17ClF4N6O. The molecule has 4 rings (SSSR count). The zero-order valence-corrected chi connectivity index (χ0v) is 17.7. The van der Waals surface area contributed by atoms with Crippen molar-refractivity contribution in [3.63, 3.8) is 0 Å². The van der Waals surface area contributed by atoms with Crippen molar-refractivity contribution >= 4 is 52.1 Å². The molecule has 172 valence electrons. The molecule has 2 heterocycles. The predicted molar refractivity (Wildman–Crippen MR) is 119 cm³/mol. The van der Waals surface area contributed by atoms with Gasteiger partial charge in [-0.15, -0.1) is 12.4 Å². The lowest BCUT2D eigenvalue weighted by molar-refractivity contribution is -0.137. The van der Waals surface area contributed by atoms with Gasteiger partial charge in [0.25, 0.3) is 5.91 Å².